The normalized spacial score (nSPS) is 11.1. The molecule has 0 unspecified atom stereocenters. The molecule has 0 heterocycles. The predicted octanol–water partition coefficient (Wildman–Crippen LogP) is 4.88. The summed E-state index contributed by atoms with van der Waals surface area (Å²) in [6.07, 6.45) is 3.25. The SMILES string of the molecule is BCCCC(c1ccc(OC)cc1)(c1ccc(OC)cc1)c1ccc(OC)cc1. The predicted molar refractivity (Wildman–Crippen MR) is 121 cm³/mol. The maximum absolute atomic E-state index is 5.40. The van der Waals surface area contributed by atoms with Gasteiger partial charge in [0, 0.05) is 5.41 Å². The third-order valence-electron chi connectivity index (χ3n) is 5.65. The van der Waals surface area contributed by atoms with Gasteiger partial charge in [0.2, 0.25) is 0 Å². The first kappa shape index (κ1) is 20.8. The van der Waals surface area contributed by atoms with E-state index in [2.05, 4.69) is 44.2 Å². The fraction of sp³-hybridized carbons (Fsp3) is 0.280. The Balaban J connectivity index is 2.23. The maximum Gasteiger partial charge on any atom is 0.118 e. The van der Waals surface area contributed by atoms with Crippen LogP contribution in [-0.2, 0) is 5.41 Å². The Morgan fingerprint density at radius 3 is 1.14 bits per heavy atom. The van der Waals surface area contributed by atoms with Gasteiger partial charge in [-0.3, -0.25) is 0 Å². The van der Waals surface area contributed by atoms with Gasteiger partial charge in [-0.1, -0.05) is 49.1 Å². The van der Waals surface area contributed by atoms with Gasteiger partial charge in [0.25, 0.3) is 0 Å². The fourth-order valence-electron chi connectivity index (χ4n) is 4.00. The molecule has 3 nitrogen and oxygen atoms in total. The minimum atomic E-state index is -0.263. The van der Waals surface area contributed by atoms with Crippen molar-refractivity contribution in [3.05, 3.63) is 89.5 Å². The third kappa shape index (κ3) is 4.27. The molecular formula is C25H29BO3. The highest BCUT2D eigenvalue weighted by atomic mass is 16.5. The first-order valence-electron chi connectivity index (χ1n) is 10.1. The molecule has 3 aromatic carbocycles. The molecule has 0 bridgehead atoms. The molecule has 29 heavy (non-hydrogen) atoms. The molecule has 0 saturated carbocycles. The summed E-state index contributed by atoms with van der Waals surface area (Å²) in [7, 11) is 7.34. The van der Waals surface area contributed by atoms with Gasteiger partial charge >= 0.3 is 0 Å². The van der Waals surface area contributed by atoms with E-state index in [0.717, 1.165) is 36.4 Å². The average molecular weight is 388 g/mol. The van der Waals surface area contributed by atoms with Gasteiger partial charge in [-0.25, -0.2) is 0 Å². The second-order valence-corrected chi connectivity index (χ2v) is 7.19. The van der Waals surface area contributed by atoms with Crippen molar-refractivity contribution in [1.29, 1.82) is 0 Å². The summed E-state index contributed by atoms with van der Waals surface area (Å²) < 4.78 is 16.2. The Morgan fingerprint density at radius 1 is 0.586 bits per heavy atom. The largest absolute Gasteiger partial charge is 0.497 e. The highest BCUT2D eigenvalue weighted by molar-refractivity contribution is 6.08. The smallest absolute Gasteiger partial charge is 0.118 e. The van der Waals surface area contributed by atoms with E-state index in [1.54, 1.807) is 21.3 Å². The van der Waals surface area contributed by atoms with Crippen LogP contribution in [0.3, 0.4) is 0 Å². The van der Waals surface area contributed by atoms with Crippen molar-refractivity contribution < 1.29 is 14.2 Å². The molecule has 3 rings (SSSR count). The van der Waals surface area contributed by atoms with E-state index >= 15 is 0 Å². The Morgan fingerprint density at radius 2 is 0.897 bits per heavy atom. The molecule has 0 aliphatic rings. The number of hydrogen-bond acceptors (Lipinski definition) is 3. The van der Waals surface area contributed by atoms with Gasteiger partial charge in [0.15, 0.2) is 0 Å². The molecule has 0 aliphatic heterocycles. The lowest BCUT2D eigenvalue weighted by atomic mass is 9.66. The molecule has 150 valence electrons. The summed E-state index contributed by atoms with van der Waals surface area (Å²) >= 11 is 0. The Bertz CT molecular complexity index is 771. The minimum absolute atomic E-state index is 0.263. The van der Waals surface area contributed by atoms with Gasteiger partial charge in [-0.2, -0.15) is 0 Å². The zero-order valence-corrected chi connectivity index (χ0v) is 17.8. The topological polar surface area (TPSA) is 27.7 Å². The molecule has 0 aliphatic carbocycles. The molecule has 0 amide bonds. The second kappa shape index (κ2) is 9.55. The summed E-state index contributed by atoms with van der Waals surface area (Å²) in [5.41, 5.74) is 3.49. The Hall–Kier alpha value is -2.88. The zero-order valence-electron chi connectivity index (χ0n) is 17.8. The van der Waals surface area contributed by atoms with Gasteiger partial charge in [0.05, 0.1) is 21.3 Å². The number of benzene rings is 3. The van der Waals surface area contributed by atoms with E-state index < -0.39 is 0 Å². The number of methoxy groups -OCH3 is 3. The molecule has 0 radical (unpaired) electrons. The van der Waals surface area contributed by atoms with Gasteiger partial charge in [0.1, 0.15) is 25.1 Å². The van der Waals surface area contributed by atoms with E-state index in [-0.39, 0.29) is 5.41 Å². The lowest BCUT2D eigenvalue weighted by Crippen LogP contribution is -2.29. The number of hydrogen-bond donors (Lipinski definition) is 0. The van der Waals surface area contributed by atoms with Crippen molar-refractivity contribution in [3.8, 4) is 17.2 Å². The Labute approximate surface area is 175 Å². The number of rotatable bonds is 9. The molecule has 0 fully saturated rings. The first-order valence-corrected chi connectivity index (χ1v) is 10.1. The number of ether oxygens (including phenoxy) is 3. The van der Waals surface area contributed by atoms with Crippen LogP contribution in [0.4, 0.5) is 0 Å². The van der Waals surface area contributed by atoms with Crippen LogP contribution in [0.5, 0.6) is 17.2 Å². The van der Waals surface area contributed by atoms with E-state index in [1.807, 2.05) is 36.4 Å². The minimum Gasteiger partial charge on any atom is -0.497 e. The van der Waals surface area contributed by atoms with Crippen molar-refractivity contribution in [2.24, 2.45) is 0 Å². The quantitative estimate of drug-likeness (QED) is 0.386. The lowest BCUT2D eigenvalue weighted by Gasteiger charge is -2.36. The summed E-state index contributed by atoms with van der Waals surface area (Å²) in [5, 5.41) is 0. The summed E-state index contributed by atoms with van der Waals surface area (Å²) in [4.78, 5) is 0. The molecule has 0 atom stereocenters. The average Bonchev–Trinajstić information content (AvgIpc) is 2.80. The van der Waals surface area contributed by atoms with E-state index in [9.17, 15) is 0 Å². The molecule has 0 spiro atoms. The second-order valence-electron chi connectivity index (χ2n) is 7.19. The monoisotopic (exact) mass is 388 g/mol. The van der Waals surface area contributed by atoms with Crippen LogP contribution in [0.2, 0.25) is 6.32 Å². The van der Waals surface area contributed by atoms with Crippen LogP contribution in [0.15, 0.2) is 72.8 Å². The van der Waals surface area contributed by atoms with Crippen LogP contribution in [0.25, 0.3) is 0 Å². The van der Waals surface area contributed by atoms with Crippen molar-refractivity contribution >= 4 is 7.85 Å². The maximum atomic E-state index is 5.40. The Kier molecular flexibility index (Phi) is 6.87. The summed E-state index contributed by atoms with van der Waals surface area (Å²) in [6.45, 7) is 0. The van der Waals surface area contributed by atoms with Crippen LogP contribution in [0, 0.1) is 0 Å². The van der Waals surface area contributed by atoms with Crippen molar-refractivity contribution in [2.45, 2.75) is 24.6 Å². The third-order valence-corrected chi connectivity index (χ3v) is 5.65. The van der Waals surface area contributed by atoms with E-state index in [4.69, 9.17) is 14.2 Å². The van der Waals surface area contributed by atoms with Gasteiger partial charge in [-0.15, -0.1) is 0 Å². The molecule has 0 N–H and O–H groups in total. The molecule has 3 aromatic rings. The molecule has 0 aromatic heterocycles. The standard InChI is InChI=1S/C25H29BO3/c1-27-22-11-5-19(6-12-22)25(17-4-18-26,20-7-13-23(28-2)14-8-20)21-9-15-24(29-3)16-10-21/h5-16H,4,17-18,26H2,1-3H3. The van der Waals surface area contributed by atoms with Crippen molar-refractivity contribution in [2.75, 3.05) is 21.3 Å². The first-order chi connectivity index (χ1) is 14.2. The molecular weight excluding hydrogens is 359 g/mol. The zero-order chi connectivity index (χ0) is 20.7. The highest BCUT2D eigenvalue weighted by Crippen LogP contribution is 2.44. The van der Waals surface area contributed by atoms with Gasteiger partial charge < -0.3 is 14.2 Å². The van der Waals surface area contributed by atoms with Crippen LogP contribution >= 0.6 is 0 Å². The molecule has 4 heteroatoms. The van der Waals surface area contributed by atoms with Gasteiger partial charge in [-0.05, 0) is 59.5 Å². The van der Waals surface area contributed by atoms with Crippen molar-refractivity contribution in [1.82, 2.24) is 0 Å². The van der Waals surface area contributed by atoms with Crippen LogP contribution in [-0.4, -0.2) is 29.2 Å². The summed E-state index contributed by atoms with van der Waals surface area (Å²) in [5.74, 6) is 2.59. The summed E-state index contributed by atoms with van der Waals surface area (Å²) in [6, 6.07) is 25.4. The lowest BCUT2D eigenvalue weighted by molar-refractivity contribution is 0.413. The molecule has 0 saturated heterocycles. The van der Waals surface area contributed by atoms with Crippen LogP contribution < -0.4 is 14.2 Å². The fourth-order valence-corrected chi connectivity index (χ4v) is 4.00. The van der Waals surface area contributed by atoms with E-state index in [1.165, 1.54) is 16.7 Å². The highest BCUT2D eigenvalue weighted by Gasteiger charge is 2.35. The van der Waals surface area contributed by atoms with E-state index in [0.29, 0.717) is 0 Å². The van der Waals surface area contributed by atoms with Crippen molar-refractivity contribution in [3.63, 3.8) is 0 Å². The van der Waals surface area contributed by atoms with Crippen LogP contribution in [0.1, 0.15) is 29.5 Å².